The molecular weight excluding hydrogens is 645 g/mol. The molecule has 0 bridgehead atoms. The van der Waals surface area contributed by atoms with Crippen LogP contribution in [0.1, 0.15) is 80.6 Å². The molecule has 2 N–H and O–H groups in total. The molecule has 9 atom stereocenters. The number of hydrogen-bond acceptors (Lipinski definition) is 12. The molecule has 2 aromatic rings. The van der Waals surface area contributed by atoms with Crippen molar-refractivity contribution in [1.82, 2.24) is 29.8 Å². The number of fused-ring (bicyclic) bond motifs is 1. The lowest BCUT2D eigenvalue weighted by atomic mass is 9.62. The van der Waals surface area contributed by atoms with Crippen molar-refractivity contribution in [2.45, 2.75) is 122 Å². The van der Waals surface area contributed by atoms with Gasteiger partial charge in [-0.05, 0) is 85.1 Å². The van der Waals surface area contributed by atoms with E-state index in [9.17, 15) is 14.4 Å². The van der Waals surface area contributed by atoms with E-state index >= 15 is 0 Å². The minimum atomic E-state index is -1.16. The van der Waals surface area contributed by atoms with Crippen LogP contribution in [-0.4, -0.2) is 112 Å². The average Bonchev–Trinajstić information content (AvgIpc) is 3.79. The number of rotatable bonds is 8. The monoisotopic (exact) mass is 699 g/mol. The number of aryl methyl sites for hydroxylation is 1. The molecule has 0 saturated carbocycles. The number of hydrogen-bond donors (Lipinski definition) is 1. The number of amides is 1. The van der Waals surface area contributed by atoms with Gasteiger partial charge in [0.1, 0.15) is 23.5 Å². The fourth-order valence-corrected chi connectivity index (χ4v) is 8.16. The summed E-state index contributed by atoms with van der Waals surface area (Å²) in [6.07, 6.45) is 5.64. The standard InChI is InChI=1S/C34H54BN7O6S/c1-10-26-34(7)29(42(32(45)48-34)15-12-11-14-41-19-24(38-39-41)25-18-37-31(36)49-25)23(5)40(8)16-13-20(2)17-33(6,46-9)28(35)21(3)27(43)22(4)30(44)47-26/h18-23,26,28-29H,10-17H2,1-9H3,(H2,36,37)/t20-,21+,22-,23+,26-,28-,29-,33-,34-/m1/s1. The summed E-state index contributed by atoms with van der Waals surface area (Å²) in [6, 6.07) is -0.576. The number of aromatic nitrogens is 4. The summed E-state index contributed by atoms with van der Waals surface area (Å²) in [5.41, 5.74) is 4.55. The highest BCUT2D eigenvalue weighted by Gasteiger charge is 2.59. The molecule has 0 unspecified atom stereocenters. The van der Waals surface area contributed by atoms with Gasteiger partial charge in [0, 0.05) is 38.4 Å². The van der Waals surface area contributed by atoms with E-state index in [1.165, 1.54) is 11.3 Å². The first kappa shape index (κ1) is 38.8. The van der Waals surface area contributed by atoms with Crippen LogP contribution in [-0.2, 0) is 30.3 Å². The molecule has 270 valence electrons. The van der Waals surface area contributed by atoms with Crippen molar-refractivity contribution in [3.63, 3.8) is 0 Å². The van der Waals surface area contributed by atoms with Crippen molar-refractivity contribution in [3.8, 4) is 10.6 Å². The molecule has 2 aliphatic heterocycles. The molecule has 2 aromatic heterocycles. The number of nitrogen functional groups attached to an aromatic ring is 1. The maximum absolute atomic E-state index is 13.7. The normalized spacial score (nSPS) is 34.1. The van der Waals surface area contributed by atoms with Gasteiger partial charge in [0.15, 0.2) is 10.7 Å². The van der Waals surface area contributed by atoms with Gasteiger partial charge in [0.2, 0.25) is 0 Å². The number of methoxy groups -OCH3 is 1. The van der Waals surface area contributed by atoms with Gasteiger partial charge in [0.25, 0.3) is 0 Å². The van der Waals surface area contributed by atoms with Gasteiger partial charge in [-0.2, -0.15) is 0 Å². The minimum Gasteiger partial charge on any atom is -0.458 e. The number of anilines is 1. The van der Waals surface area contributed by atoms with Crippen molar-refractivity contribution < 1.29 is 28.6 Å². The Morgan fingerprint density at radius 2 is 1.84 bits per heavy atom. The van der Waals surface area contributed by atoms with E-state index < -0.39 is 53.1 Å². The van der Waals surface area contributed by atoms with Crippen molar-refractivity contribution in [2.24, 2.45) is 17.8 Å². The summed E-state index contributed by atoms with van der Waals surface area (Å²) < 4.78 is 20.0. The molecular formula is C34H54BN7O6S. The van der Waals surface area contributed by atoms with E-state index in [2.05, 4.69) is 41.1 Å². The number of unbranched alkanes of at least 4 members (excludes halogenated alkanes) is 1. The van der Waals surface area contributed by atoms with Crippen LogP contribution < -0.4 is 5.73 Å². The maximum atomic E-state index is 13.7. The Bertz CT molecular complexity index is 1460. The van der Waals surface area contributed by atoms with Crippen LogP contribution >= 0.6 is 11.3 Å². The highest BCUT2D eigenvalue weighted by molar-refractivity contribution is 7.18. The molecule has 1 amide bonds. The van der Waals surface area contributed by atoms with E-state index in [0.29, 0.717) is 43.2 Å². The second-order valence-electron chi connectivity index (χ2n) is 14.4. The summed E-state index contributed by atoms with van der Waals surface area (Å²) in [7, 11) is 10.4. The van der Waals surface area contributed by atoms with E-state index in [1.807, 2.05) is 27.0 Å². The van der Waals surface area contributed by atoms with E-state index in [0.717, 1.165) is 24.3 Å². The number of esters is 1. The van der Waals surface area contributed by atoms with Crippen LogP contribution in [0.4, 0.5) is 9.93 Å². The molecule has 0 spiro atoms. The smallest absolute Gasteiger partial charge is 0.410 e. The third-order valence-electron chi connectivity index (χ3n) is 10.9. The summed E-state index contributed by atoms with van der Waals surface area (Å²) in [5, 5.41) is 8.97. The Labute approximate surface area is 296 Å². The summed E-state index contributed by atoms with van der Waals surface area (Å²) in [4.78, 5) is 49.9. The highest BCUT2D eigenvalue weighted by atomic mass is 32.1. The number of Topliss-reactive ketones (excluding diaryl/α,β-unsaturated/α-hetero) is 1. The molecule has 4 heterocycles. The van der Waals surface area contributed by atoms with Gasteiger partial charge in [-0.1, -0.05) is 37.3 Å². The number of thiazole rings is 1. The molecule has 4 rings (SSSR count). The number of ether oxygens (including phenoxy) is 3. The number of ketones is 1. The van der Waals surface area contributed by atoms with Crippen LogP contribution in [0.5, 0.6) is 0 Å². The number of carbonyl (C=O) groups excluding carboxylic acids is 3. The zero-order chi connectivity index (χ0) is 36.3. The number of cyclic esters (lactones) is 1. The van der Waals surface area contributed by atoms with Crippen LogP contribution in [0.25, 0.3) is 10.6 Å². The second kappa shape index (κ2) is 15.9. The van der Waals surface area contributed by atoms with Gasteiger partial charge in [-0.25, -0.2) is 9.78 Å². The highest BCUT2D eigenvalue weighted by Crippen LogP contribution is 2.41. The summed E-state index contributed by atoms with van der Waals surface area (Å²) in [5.74, 6) is -3.05. The first-order valence-electron chi connectivity index (χ1n) is 17.4. The molecule has 0 aromatic carbocycles. The number of carbonyl (C=O) groups is 3. The Kier molecular flexibility index (Phi) is 12.6. The lowest BCUT2D eigenvalue weighted by Crippen LogP contribution is -2.61. The Hall–Kier alpha value is -3.04. The van der Waals surface area contributed by atoms with Crippen molar-refractivity contribution in [1.29, 1.82) is 0 Å². The van der Waals surface area contributed by atoms with Crippen molar-refractivity contribution >= 4 is 42.2 Å². The van der Waals surface area contributed by atoms with E-state index in [4.69, 9.17) is 27.8 Å². The third kappa shape index (κ3) is 8.31. The van der Waals surface area contributed by atoms with Crippen LogP contribution in [0, 0.1) is 17.8 Å². The van der Waals surface area contributed by atoms with Crippen LogP contribution in [0.3, 0.4) is 0 Å². The van der Waals surface area contributed by atoms with Crippen LogP contribution in [0.15, 0.2) is 12.4 Å². The molecule has 0 aliphatic carbocycles. The molecule has 2 saturated heterocycles. The molecule has 2 radical (unpaired) electrons. The van der Waals surface area contributed by atoms with Gasteiger partial charge >= 0.3 is 12.1 Å². The first-order chi connectivity index (χ1) is 23.1. The van der Waals surface area contributed by atoms with Gasteiger partial charge in [-0.15, -0.1) is 5.10 Å². The molecule has 2 fully saturated rings. The Morgan fingerprint density at radius 1 is 1.14 bits per heavy atom. The zero-order valence-electron chi connectivity index (χ0n) is 30.5. The molecule has 15 heteroatoms. The fraction of sp³-hybridized carbons (Fsp3) is 0.765. The third-order valence-corrected chi connectivity index (χ3v) is 11.8. The fourth-order valence-electron chi connectivity index (χ4n) is 7.52. The Balaban J connectivity index is 1.56. The summed E-state index contributed by atoms with van der Waals surface area (Å²) in [6.45, 7) is 15.1. The average molecular weight is 700 g/mol. The lowest BCUT2D eigenvalue weighted by molar-refractivity contribution is -0.171. The second-order valence-corrected chi connectivity index (χ2v) is 15.5. The van der Waals surface area contributed by atoms with E-state index in [-0.39, 0.29) is 17.7 Å². The van der Waals surface area contributed by atoms with Crippen LogP contribution in [0.2, 0.25) is 5.82 Å². The first-order valence-corrected chi connectivity index (χ1v) is 18.2. The minimum absolute atomic E-state index is 0.149. The predicted octanol–water partition coefficient (Wildman–Crippen LogP) is 4.62. The maximum Gasteiger partial charge on any atom is 0.410 e. The Morgan fingerprint density at radius 3 is 2.47 bits per heavy atom. The predicted molar refractivity (Wildman–Crippen MR) is 189 cm³/mol. The van der Waals surface area contributed by atoms with Crippen molar-refractivity contribution in [3.05, 3.63) is 12.4 Å². The zero-order valence-corrected chi connectivity index (χ0v) is 31.4. The quantitative estimate of drug-likeness (QED) is 0.178. The molecule has 49 heavy (non-hydrogen) atoms. The van der Waals surface area contributed by atoms with Gasteiger partial charge < -0.3 is 24.8 Å². The topological polar surface area (TPSA) is 155 Å². The summed E-state index contributed by atoms with van der Waals surface area (Å²) >= 11 is 1.36. The van der Waals surface area contributed by atoms with Crippen molar-refractivity contribution in [2.75, 3.05) is 33.0 Å². The number of nitrogens with two attached hydrogens (primary N) is 1. The lowest BCUT2D eigenvalue weighted by Gasteiger charge is -2.44. The number of nitrogens with zero attached hydrogens (tertiary/aromatic N) is 6. The SMILES string of the molecule is [B][C@@H]1[C@@H](C)C(=O)[C@@H](C)C(=O)O[C@H](CC)[C@@]2(C)OC(=O)N(CCCCn3cc(-c4cnc(N)s4)nn3)[C@@H]2[C@H](C)N(C)CC[C@@H](C)C[C@@]1(C)OC. The van der Waals surface area contributed by atoms with Gasteiger partial charge in [0.05, 0.1) is 30.6 Å². The van der Waals surface area contributed by atoms with Gasteiger partial charge in [-0.3, -0.25) is 19.2 Å². The largest absolute Gasteiger partial charge is 0.458 e. The number of likely N-dealkylation sites (N-methyl/N-ethyl adjacent to an activating group) is 1. The molecule has 2 aliphatic rings. The molecule has 13 nitrogen and oxygen atoms in total. The van der Waals surface area contributed by atoms with E-state index in [1.54, 1.807) is 36.7 Å².